The largest absolute Gasteiger partial charge is 0.386 e. The van der Waals surface area contributed by atoms with E-state index in [0.717, 1.165) is 16.6 Å². The number of aromatic nitrogens is 2. The van der Waals surface area contributed by atoms with Gasteiger partial charge >= 0.3 is 0 Å². The molecule has 1 aliphatic heterocycles. The van der Waals surface area contributed by atoms with Crippen LogP contribution in [0.3, 0.4) is 0 Å². The number of hydrogen-bond donors (Lipinski definition) is 1. The van der Waals surface area contributed by atoms with Gasteiger partial charge in [0.2, 0.25) is 0 Å². The molecule has 0 bridgehead atoms. The monoisotopic (exact) mass is 318 g/mol. The standard InChI is InChI=1S/C12H19BrN2O3/c1-8-5-9(7-18-8)12(16)11-10(13)6-14-15(11)3-4-17-2/h6,8-9,12,16H,3-5,7H2,1-2H3. The topological polar surface area (TPSA) is 56.5 Å². The van der Waals surface area contributed by atoms with Crippen LogP contribution in [0.1, 0.15) is 25.1 Å². The van der Waals surface area contributed by atoms with Gasteiger partial charge in [-0.1, -0.05) is 0 Å². The van der Waals surface area contributed by atoms with Crippen LogP contribution in [-0.4, -0.2) is 41.3 Å². The number of hydrogen-bond acceptors (Lipinski definition) is 4. The lowest BCUT2D eigenvalue weighted by Crippen LogP contribution is -2.19. The SMILES string of the molecule is COCCn1ncc(Br)c1C(O)C1COC(C)C1. The molecule has 1 aromatic heterocycles. The number of rotatable bonds is 5. The fraction of sp³-hybridized carbons (Fsp3) is 0.750. The van der Waals surface area contributed by atoms with Crippen LogP contribution in [0.15, 0.2) is 10.7 Å². The number of methoxy groups -OCH3 is 1. The molecule has 0 aromatic carbocycles. The molecule has 1 N–H and O–H groups in total. The number of aliphatic hydroxyl groups excluding tert-OH is 1. The maximum Gasteiger partial charge on any atom is 0.102 e. The molecule has 3 atom stereocenters. The van der Waals surface area contributed by atoms with E-state index in [1.807, 2.05) is 6.92 Å². The molecule has 1 aliphatic rings. The highest BCUT2D eigenvalue weighted by atomic mass is 79.9. The highest BCUT2D eigenvalue weighted by Gasteiger charge is 2.32. The predicted molar refractivity (Wildman–Crippen MR) is 70.3 cm³/mol. The van der Waals surface area contributed by atoms with Crippen molar-refractivity contribution < 1.29 is 14.6 Å². The Kier molecular flexibility index (Phi) is 4.77. The third kappa shape index (κ3) is 2.93. The average molecular weight is 319 g/mol. The maximum atomic E-state index is 10.5. The van der Waals surface area contributed by atoms with E-state index in [1.54, 1.807) is 18.0 Å². The van der Waals surface area contributed by atoms with E-state index in [0.29, 0.717) is 19.8 Å². The van der Waals surface area contributed by atoms with Crippen molar-refractivity contribution in [1.82, 2.24) is 9.78 Å². The maximum absolute atomic E-state index is 10.5. The predicted octanol–water partition coefficient (Wildman–Crippen LogP) is 1.75. The van der Waals surface area contributed by atoms with Crippen molar-refractivity contribution in [2.45, 2.75) is 32.1 Å². The van der Waals surface area contributed by atoms with Gasteiger partial charge in [-0.05, 0) is 29.3 Å². The van der Waals surface area contributed by atoms with Crippen LogP contribution < -0.4 is 0 Å². The summed E-state index contributed by atoms with van der Waals surface area (Å²) in [5.41, 5.74) is 0.815. The molecule has 6 heteroatoms. The first kappa shape index (κ1) is 14.0. The Morgan fingerprint density at radius 3 is 3.11 bits per heavy atom. The molecule has 3 unspecified atom stereocenters. The first-order chi connectivity index (χ1) is 8.63. The van der Waals surface area contributed by atoms with Crippen molar-refractivity contribution in [2.75, 3.05) is 20.3 Å². The van der Waals surface area contributed by atoms with Gasteiger partial charge in [0, 0.05) is 13.0 Å². The van der Waals surface area contributed by atoms with Crippen molar-refractivity contribution in [3.05, 3.63) is 16.4 Å². The molecule has 0 amide bonds. The lowest BCUT2D eigenvalue weighted by Gasteiger charge is -2.18. The number of halogens is 1. The summed E-state index contributed by atoms with van der Waals surface area (Å²) in [7, 11) is 1.65. The van der Waals surface area contributed by atoms with Gasteiger partial charge in [0.25, 0.3) is 0 Å². The molecule has 1 saturated heterocycles. The first-order valence-electron chi connectivity index (χ1n) is 6.13. The zero-order valence-electron chi connectivity index (χ0n) is 10.7. The molecular formula is C12H19BrN2O3. The van der Waals surface area contributed by atoms with Crippen LogP contribution in [0.25, 0.3) is 0 Å². The summed E-state index contributed by atoms with van der Waals surface area (Å²) in [5, 5.41) is 14.7. The zero-order valence-corrected chi connectivity index (χ0v) is 12.3. The summed E-state index contributed by atoms with van der Waals surface area (Å²) in [6.45, 7) is 3.84. The molecule has 2 heterocycles. The van der Waals surface area contributed by atoms with E-state index >= 15 is 0 Å². The molecule has 0 radical (unpaired) electrons. The molecule has 18 heavy (non-hydrogen) atoms. The lowest BCUT2D eigenvalue weighted by atomic mass is 9.97. The van der Waals surface area contributed by atoms with Crippen molar-refractivity contribution in [1.29, 1.82) is 0 Å². The minimum atomic E-state index is -0.552. The van der Waals surface area contributed by atoms with Gasteiger partial charge in [0.15, 0.2) is 0 Å². The Labute approximate surface area is 115 Å². The number of aliphatic hydroxyl groups is 1. The van der Waals surface area contributed by atoms with Crippen LogP contribution in [0, 0.1) is 5.92 Å². The molecule has 0 saturated carbocycles. The van der Waals surface area contributed by atoms with Gasteiger partial charge in [0.1, 0.15) is 6.10 Å². The Balaban J connectivity index is 2.13. The molecule has 1 aromatic rings. The van der Waals surface area contributed by atoms with Crippen LogP contribution in [0.4, 0.5) is 0 Å². The van der Waals surface area contributed by atoms with Crippen LogP contribution in [0.5, 0.6) is 0 Å². The van der Waals surface area contributed by atoms with E-state index in [-0.39, 0.29) is 12.0 Å². The van der Waals surface area contributed by atoms with Gasteiger partial charge < -0.3 is 14.6 Å². The molecular weight excluding hydrogens is 300 g/mol. The second-order valence-corrected chi connectivity index (χ2v) is 5.53. The van der Waals surface area contributed by atoms with Crippen LogP contribution >= 0.6 is 15.9 Å². The molecule has 0 spiro atoms. The molecule has 1 fully saturated rings. The van der Waals surface area contributed by atoms with Crippen molar-refractivity contribution in [2.24, 2.45) is 5.92 Å². The van der Waals surface area contributed by atoms with Gasteiger partial charge in [-0.2, -0.15) is 5.10 Å². The summed E-state index contributed by atoms with van der Waals surface area (Å²) in [6.07, 6.45) is 2.26. The van der Waals surface area contributed by atoms with Gasteiger partial charge in [0.05, 0.1) is 42.2 Å². The third-order valence-electron chi connectivity index (χ3n) is 3.30. The summed E-state index contributed by atoms with van der Waals surface area (Å²) in [5.74, 6) is 0.134. The van der Waals surface area contributed by atoms with Crippen molar-refractivity contribution >= 4 is 15.9 Å². The van der Waals surface area contributed by atoms with E-state index in [9.17, 15) is 5.11 Å². The van der Waals surface area contributed by atoms with Gasteiger partial charge in [-0.3, -0.25) is 4.68 Å². The summed E-state index contributed by atoms with van der Waals surface area (Å²) in [6, 6.07) is 0. The average Bonchev–Trinajstić information content (AvgIpc) is 2.92. The van der Waals surface area contributed by atoms with Crippen molar-refractivity contribution in [3.8, 4) is 0 Å². The minimum absolute atomic E-state index is 0.134. The fourth-order valence-corrected chi connectivity index (χ4v) is 2.85. The molecule has 102 valence electrons. The lowest BCUT2D eigenvalue weighted by molar-refractivity contribution is 0.0734. The smallest absolute Gasteiger partial charge is 0.102 e. The van der Waals surface area contributed by atoms with E-state index in [2.05, 4.69) is 21.0 Å². The summed E-state index contributed by atoms with van der Waals surface area (Å²) in [4.78, 5) is 0. The van der Waals surface area contributed by atoms with Crippen molar-refractivity contribution in [3.63, 3.8) is 0 Å². The summed E-state index contributed by atoms with van der Waals surface area (Å²) < 4.78 is 13.2. The second-order valence-electron chi connectivity index (χ2n) is 4.68. The quantitative estimate of drug-likeness (QED) is 0.898. The molecule has 5 nitrogen and oxygen atoms in total. The highest BCUT2D eigenvalue weighted by Crippen LogP contribution is 2.34. The van der Waals surface area contributed by atoms with Gasteiger partial charge in [-0.25, -0.2) is 0 Å². The normalized spacial score (nSPS) is 25.6. The van der Waals surface area contributed by atoms with E-state index in [4.69, 9.17) is 9.47 Å². The summed E-state index contributed by atoms with van der Waals surface area (Å²) >= 11 is 3.45. The Morgan fingerprint density at radius 1 is 1.72 bits per heavy atom. The minimum Gasteiger partial charge on any atom is -0.386 e. The first-order valence-corrected chi connectivity index (χ1v) is 6.92. The zero-order chi connectivity index (χ0) is 13.1. The number of ether oxygens (including phenoxy) is 2. The highest BCUT2D eigenvalue weighted by molar-refractivity contribution is 9.10. The Morgan fingerprint density at radius 2 is 2.50 bits per heavy atom. The second kappa shape index (κ2) is 6.14. The Hall–Kier alpha value is -0.430. The number of nitrogens with zero attached hydrogens (tertiary/aromatic N) is 2. The van der Waals surface area contributed by atoms with Crippen LogP contribution in [0.2, 0.25) is 0 Å². The molecule has 2 rings (SSSR count). The van der Waals surface area contributed by atoms with E-state index < -0.39 is 6.10 Å². The fourth-order valence-electron chi connectivity index (χ4n) is 2.32. The van der Waals surface area contributed by atoms with Gasteiger partial charge in [-0.15, -0.1) is 0 Å². The Bertz CT molecular complexity index is 397. The van der Waals surface area contributed by atoms with Crippen LogP contribution in [-0.2, 0) is 16.0 Å². The molecule has 0 aliphatic carbocycles. The van der Waals surface area contributed by atoms with E-state index in [1.165, 1.54) is 0 Å². The third-order valence-corrected chi connectivity index (χ3v) is 3.91.